The Labute approximate surface area is 130 Å². The molecule has 0 bridgehead atoms. The highest BCUT2D eigenvalue weighted by Crippen LogP contribution is 2.23. The number of carboxylic acid groups (broad SMARTS) is 1. The molecular formula is C17H23NO4. The normalized spacial score (nSPS) is 22.9. The number of amides is 1. The van der Waals surface area contributed by atoms with Gasteiger partial charge >= 0.3 is 5.97 Å². The van der Waals surface area contributed by atoms with E-state index in [9.17, 15) is 14.7 Å². The van der Waals surface area contributed by atoms with Crippen molar-refractivity contribution in [3.05, 3.63) is 34.9 Å². The standard InChI is InChI=1S/C17H23NO4/c1-10-6-11(2)8-14(7-10)15(17(20)21)18-16(19)13-4-5-22-12(3)9-13/h6-8,12-13,15H,4-5,9H2,1-3H3,(H,18,19)(H,20,21). The lowest BCUT2D eigenvalue weighted by Crippen LogP contribution is -2.40. The van der Waals surface area contributed by atoms with Crippen LogP contribution in [0.2, 0.25) is 0 Å². The SMILES string of the molecule is Cc1cc(C)cc(C(NC(=O)C2CCOC(C)C2)C(=O)O)c1. The minimum Gasteiger partial charge on any atom is -0.479 e. The van der Waals surface area contributed by atoms with Gasteiger partial charge in [-0.1, -0.05) is 29.3 Å². The van der Waals surface area contributed by atoms with E-state index in [1.165, 1.54) is 0 Å². The van der Waals surface area contributed by atoms with Crippen molar-refractivity contribution in [3.8, 4) is 0 Å². The largest absolute Gasteiger partial charge is 0.479 e. The molecule has 2 rings (SSSR count). The number of hydrogen-bond acceptors (Lipinski definition) is 3. The van der Waals surface area contributed by atoms with Crippen LogP contribution in [0.3, 0.4) is 0 Å². The maximum Gasteiger partial charge on any atom is 0.330 e. The smallest absolute Gasteiger partial charge is 0.330 e. The molecule has 1 aromatic carbocycles. The maximum atomic E-state index is 12.4. The molecule has 22 heavy (non-hydrogen) atoms. The van der Waals surface area contributed by atoms with E-state index in [-0.39, 0.29) is 17.9 Å². The minimum absolute atomic E-state index is 0.0361. The summed E-state index contributed by atoms with van der Waals surface area (Å²) in [4.78, 5) is 23.9. The molecule has 3 atom stereocenters. The molecule has 0 aliphatic carbocycles. The molecule has 1 aliphatic heterocycles. The van der Waals surface area contributed by atoms with E-state index in [0.717, 1.165) is 11.1 Å². The van der Waals surface area contributed by atoms with Crippen molar-refractivity contribution in [3.63, 3.8) is 0 Å². The lowest BCUT2D eigenvalue weighted by Gasteiger charge is -2.27. The van der Waals surface area contributed by atoms with Crippen LogP contribution in [0.1, 0.15) is 42.5 Å². The molecule has 2 N–H and O–H groups in total. The molecule has 5 nitrogen and oxygen atoms in total. The van der Waals surface area contributed by atoms with E-state index in [1.54, 1.807) is 12.1 Å². The zero-order valence-electron chi connectivity index (χ0n) is 13.3. The van der Waals surface area contributed by atoms with E-state index in [1.807, 2.05) is 26.8 Å². The van der Waals surface area contributed by atoms with Crippen LogP contribution in [0, 0.1) is 19.8 Å². The summed E-state index contributed by atoms with van der Waals surface area (Å²) in [6.07, 6.45) is 1.30. The van der Waals surface area contributed by atoms with Crippen LogP contribution in [0.4, 0.5) is 0 Å². The third-order valence-electron chi connectivity index (χ3n) is 3.97. The highest BCUT2D eigenvalue weighted by molar-refractivity contribution is 5.86. The molecule has 0 radical (unpaired) electrons. The predicted octanol–water partition coefficient (Wildman–Crippen LogP) is 2.36. The van der Waals surface area contributed by atoms with Crippen LogP contribution in [-0.4, -0.2) is 29.7 Å². The Hall–Kier alpha value is -1.88. The third kappa shape index (κ3) is 4.07. The second-order valence-corrected chi connectivity index (χ2v) is 6.10. The first-order valence-electron chi connectivity index (χ1n) is 7.60. The monoisotopic (exact) mass is 305 g/mol. The number of carbonyl (C=O) groups is 2. The van der Waals surface area contributed by atoms with Gasteiger partial charge in [0.2, 0.25) is 5.91 Å². The molecular weight excluding hydrogens is 282 g/mol. The van der Waals surface area contributed by atoms with E-state index >= 15 is 0 Å². The van der Waals surface area contributed by atoms with Crippen LogP contribution in [0.25, 0.3) is 0 Å². The van der Waals surface area contributed by atoms with Gasteiger partial charge in [-0.3, -0.25) is 4.79 Å². The van der Waals surface area contributed by atoms with Crippen molar-refractivity contribution in [2.75, 3.05) is 6.61 Å². The molecule has 0 spiro atoms. The molecule has 0 aromatic heterocycles. The quantitative estimate of drug-likeness (QED) is 0.895. The van der Waals surface area contributed by atoms with Crippen molar-refractivity contribution in [1.29, 1.82) is 0 Å². The average Bonchev–Trinajstić information content (AvgIpc) is 2.43. The number of ether oxygens (including phenoxy) is 1. The van der Waals surface area contributed by atoms with Gasteiger partial charge in [0, 0.05) is 12.5 Å². The Bertz CT molecular complexity index is 550. The fraction of sp³-hybridized carbons (Fsp3) is 0.529. The summed E-state index contributed by atoms with van der Waals surface area (Å²) in [5.41, 5.74) is 2.57. The lowest BCUT2D eigenvalue weighted by atomic mass is 9.94. The third-order valence-corrected chi connectivity index (χ3v) is 3.97. The second-order valence-electron chi connectivity index (χ2n) is 6.10. The van der Waals surface area contributed by atoms with Gasteiger partial charge in [-0.15, -0.1) is 0 Å². The molecule has 1 heterocycles. The first-order valence-corrected chi connectivity index (χ1v) is 7.60. The highest BCUT2D eigenvalue weighted by atomic mass is 16.5. The number of carboxylic acids is 1. The molecule has 120 valence electrons. The van der Waals surface area contributed by atoms with Gasteiger partial charge in [0.1, 0.15) is 0 Å². The zero-order chi connectivity index (χ0) is 16.3. The average molecular weight is 305 g/mol. The van der Waals surface area contributed by atoms with Gasteiger partial charge in [0.25, 0.3) is 0 Å². The van der Waals surface area contributed by atoms with Crippen LogP contribution in [0.5, 0.6) is 0 Å². The summed E-state index contributed by atoms with van der Waals surface area (Å²) in [6, 6.07) is 4.58. The summed E-state index contributed by atoms with van der Waals surface area (Å²) in [5.74, 6) is -1.43. The number of aliphatic carboxylic acids is 1. The summed E-state index contributed by atoms with van der Waals surface area (Å²) < 4.78 is 5.43. The Morgan fingerprint density at radius 2 is 1.91 bits per heavy atom. The van der Waals surface area contributed by atoms with Crippen LogP contribution >= 0.6 is 0 Å². The molecule has 1 amide bonds. The summed E-state index contributed by atoms with van der Waals surface area (Å²) in [7, 11) is 0. The molecule has 1 aliphatic rings. The summed E-state index contributed by atoms with van der Waals surface area (Å²) >= 11 is 0. The molecule has 3 unspecified atom stereocenters. The number of hydrogen-bond donors (Lipinski definition) is 2. The molecule has 5 heteroatoms. The summed E-state index contributed by atoms with van der Waals surface area (Å²) in [5, 5.41) is 12.2. The van der Waals surface area contributed by atoms with E-state index in [4.69, 9.17) is 4.74 Å². The number of aryl methyl sites for hydroxylation is 2. The number of nitrogens with one attached hydrogen (secondary N) is 1. The van der Waals surface area contributed by atoms with Gasteiger partial charge < -0.3 is 15.2 Å². The van der Waals surface area contributed by atoms with Crippen LogP contribution in [-0.2, 0) is 14.3 Å². The fourth-order valence-electron chi connectivity index (χ4n) is 2.96. The second kappa shape index (κ2) is 6.92. The number of benzene rings is 1. The topological polar surface area (TPSA) is 75.6 Å². The van der Waals surface area contributed by atoms with Gasteiger partial charge in [-0.05, 0) is 39.2 Å². The van der Waals surface area contributed by atoms with E-state index in [2.05, 4.69) is 5.32 Å². The Morgan fingerprint density at radius 3 is 2.45 bits per heavy atom. The van der Waals surface area contributed by atoms with Gasteiger partial charge in [0.15, 0.2) is 6.04 Å². The molecule has 0 saturated carbocycles. The van der Waals surface area contributed by atoms with E-state index in [0.29, 0.717) is 25.0 Å². The minimum atomic E-state index is -1.04. The van der Waals surface area contributed by atoms with Crippen molar-refractivity contribution in [2.24, 2.45) is 5.92 Å². The lowest BCUT2D eigenvalue weighted by molar-refractivity contribution is -0.143. The zero-order valence-corrected chi connectivity index (χ0v) is 13.3. The van der Waals surface area contributed by atoms with Gasteiger partial charge in [0.05, 0.1) is 6.10 Å². The first kappa shape index (κ1) is 16.5. The maximum absolute atomic E-state index is 12.4. The van der Waals surface area contributed by atoms with Crippen molar-refractivity contribution in [1.82, 2.24) is 5.32 Å². The van der Waals surface area contributed by atoms with Gasteiger partial charge in [-0.25, -0.2) is 4.79 Å². The highest BCUT2D eigenvalue weighted by Gasteiger charge is 2.30. The number of rotatable bonds is 4. The van der Waals surface area contributed by atoms with E-state index < -0.39 is 12.0 Å². The van der Waals surface area contributed by atoms with Gasteiger partial charge in [-0.2, -0.15) is 0 Å². The number of carbonyl (C=O) groups excluding carboxylic acids is 1. The predicted molar refractivity (Wildman–Crippen MR) is 82.6 cm³/mol. The van der Waals surface area contributed by atoms with Crippen LogP contribution < -0.4 is 5.32 Å². The Morgan fingerprint density at radius 1 is 1.27 bits per heavy atom. The van der Waals surface area contributed by atoms with Crippen molar-refractivity contribution >= 4 is 11.9 Å². The Balaban J connectivity index is 2.15. The van der Waals surface area contributed by atoms with Crippen LogP contribution in [0.15, 0.2) is 18.2 Å². The summed E-state index contributed by atoms with van der Waals surface area (Å²) in [6.45, 7) is 6.30. The van der Waals surface area contributed by atoms with Crippen molar-refractivity contribution in [2.45, 2.75) is 45.8 Å². The first-order chi connectivity index (χ1) is 10.4. The molecule has 1 fully saturated rings. The fourth-order valence-corrected chi connectivity index (χ4v) is 2.96. The molecule has 1 saturated heterocycles. The molecule has 1 aromatic rings. The van der Waals surface area contributed by atoms with Crippen molar-refractivity contribution < 1.29 is 19.4 Å². The Kier molecular flexibility index (Phi) is 5.19.